The molecule has 0 aliphatic heterocycles. The fourth-order valence-corrected chi connectivity index (χ4v) is 0.631. The molecule has 1 aromatic heterocycles. The van der Waals surface area contributed by atoms with E-state index >= 15 is 0 Å². The smallest absolute Gasteiger partial charge is 0.304 e. The second kappa shape index (κ2) is 2.14. The molecular formula is C5H6N2OS. The van der Waals surface area contributed by atoms with E-state index in [4.69, 9.17) is 12.2 Å². The molecule has 0 saturated carbocycles. The highest BCUT2D eigenvalue weighted by atomic mass is 32.1. The maximum absolute atomic E-state index is 10.7. The number of H-pyrrole nitrogens is 1. The molecule has 3 nitrogen and oxygen atoms in total. The van der Waals surface area contributed by atoms with Gasteiger partial charge in [0.15, 0.2) is 0 Å². The lowest BCUT2D eigenvalue weighted by Gasteiger charge is -1.90. The van der Waals surface area contributed by atoms with E-state index in [1.807, 2.05) is 0 Å². The van der Waals surface area contributed by atoms with Gasteiger partial charge in [-0.1, -0.05) is 12.2 Å². The van der Waals surface area contributed by atoms with Gasteiger partial charge < -0.3 is 4.57 Å². The number of hydrogen-bond donors (Lipinski definition) is 1. The summed E-state index contributed by atoms with van der Waals surface area (Å²) in [7, 11) is 1.66. The molecule has 0 spiro atoms. The monoisotopic (exact) mass is 142 g/mol. The Hall–Kier alpha value is -0.900. The second-order valence-electron chi connectivity index (χ2n) is 1.72. The second-order valence-corrected chi connectivity index (χ2v) is 2.16. The zero-order valence-corrected chi connectivity index (χ0v) is 5.73. The number of hydrogen-bond acceptors (Lipinski definition) is 2. The topological polar surface area (TPSA) is 37.8 Å². The fraction of sp³-hybridized carbons (Fsp3) is 0.200. The standard InChI is InChI=1S/C5H6N2OS/c1-7-3-2-4(9)6-5(7)8/h2-3H,1H3,(H,6,8,9). The highest BCUT2D eigenvalue weighted by molar-refractivity contribution is 7.71. The van der Waals surface area contributed by atoms with Gasteiger partial charge in [0.1, 0.15) is 4.64 Å². The van der Waals surface area contributed by atoms with E-state index in [9.17, 15) is 4.79 Å². The predicted molar refractivity (Wildman–Crippen MR) is 36.9 cm³/mol. The molecule has 0 amide bonds. The van der Waals surface area contributed by atoms with Crippen LogP contribution in [0.25, 0.3) is 0 Å². The Bertz CT molecular complexity index is 311. The SMILES string of the molecule is Cn1ccc(=S)[nH]c1=O. The van der Waals surface area contributed by atoms with Gasteiger partial charge >= 0.3 is 5.69 Å². The molecule has 0 radical (unpaired) electrons. The van der Waals surface area contributed by atoms with Crippen molar-refractivity contribution in [3.05, 3.63) is 27.4 Å². The molecule has 0 aliphatic carbocycles. The van der Waals surface area contributed by atoms with Crippen molar-refractivity contribution < 1.29 is 0 Å². The largest absolute Gasteiger partial charge is 0.326 e. The minimum atomic E-state index is -0.178. The summed E-state index contributed by atoms with van der Waals surface area (Å²) in [5.74, 6) is 0. The third kappa shape index (κ3) is 1.26. The minimum Gasteiger partial charge on any atom is -0.304 e. The molecular weight excluding hydrogens is 136 g/mol. The average molecular weight is 142 g/mol. The van der Waals surface area contributed by atoms with Gasteiger partial charge in [-0.3, -0.25) is 4.98 Å². The van der Waals surface area contributed by atoms with Crippen LogP contribution in [0, 0.1) is 4.64 Å². The average Bonchev–Trinajstić information content (AvgIpc) is 1.80. The molecule has 4 heteroatoms. The number of nitrogens with zero attached hydrogens (tertiary/aromatic N) is 1. The van der Waals surface area contributed by atoms with Gasteiger partial charge in [0.25, 0.3) is 0 Å². The lowest BCUT2D eigenvalue weighted by Crippen LogP contribution is -2.18. The lowest BCUT2D eigenvalue weighted by atomic mass is 10.7. The van der Waals surface area contributed by atoms with Crippen LogP contribution in [0.4, 0.5) is 0 Å². The van der Waals surface area contributed by atoms with E-state index in [2.05, 4.69) is 4.98 Å². The molecule has 48 valence electrons. The molecule has 1 rings (SSSR count). The van der Waals surface area contributed by atoms with Gasteiger partial charge in [0.05, 0.1) is 0 Å². The molecule has 0 fully saturated rings. The number of aromatic nitrogens is 2. The highest BCUT2D eigenvalue weighted by Crippen LogP contribution is 1.76. The first-order valence-corrected chi connectivity index (χ1v) is 2.87. The normalized spacial score (nSPS) is 9.44. The van der Waals surface area contributed by atoms with E-state index in [0.717, 1.165) is 0 Å². The number of rotatable bonds is 0. The van der Waals surface area contributed by atoms with Gasteiger partial charge in [-0.2, -0.15) is 0 Å². The summed E-state index contributed by atoms with van der Waals surface area (Å²) in [6.45, 7) is 0. The van der Waals surface area contributed by atoms with E-state index in [1.54, 1.807) is 19.3 Å². The molecule has 0 aromatic carbocycles. The summed E-state index contributed by atoms with van der Waals surface area (Å²) >= 11 is 4.69. The van der Waals surface area contributed by atoms with Crippen LogP contribution in [0.5, 0.6) is 0 Å². The third-order valence-electron chi connectivity index (χ3n) is 1.000. The first kappa shape index (κ1) is 6.22. The molecule has 0 saturated heterocycles. The molecule has 0 atom stereocenters. The first-order valence-electron chi connectivity index (χ1n) is 2.46. The van der Waals surface area contributed by atoms with Crippen LogP contribution in [0.15, 0.2) is 17.1 Å². The van der Waals surface area contributed by atoms with Gasteiger partial charge in [0, 0.05) is 13.2 Å². The van der Waals surface area contributed by atoms with Crippen LogP contribution in [0.3, 0.4) is 0 Å². The van der Waals surface area contributed by atoms with Crippen molar-refractivity contribution in [2.24, 2.45) is 7.05 Å². The minimum absolute atomic E-state index is 0.178. The lowest BCUT2D eigenvalue weighted by molar-refractivity contribution is 0.806. The fourth-order valence-electron chi connectivity index (χ4n) is 0.482. The zero-order chi connectivity index (χ0) is 6.85. The highest BCUT2D eigenvalue weighted by Gasteiger charge is 1.83. The van der Waals surface area contributed by atoms with Crippen LogP contribution < -0.4 is 5.69 Å². The number of aromatic amines is 1. The quantitative estimate of drug-likeness (QED) is 0.534. The van der Waals surface area contributed by atoms with Crippen molar-refractivity contribution in [1.82, 2.24) is 9.55 Å². The van der Waals surface area contributed by atoms with Crippen LogP contribution in [-0.4, -0.2) is 9.55 Å². The third-order valence-corrected chi connectivity index (χ3v) is 1.24. The summed E-state index contributed by atoms with van der Waals surface area (Å²) in [6.07, 6.45) is 1.63. The Kier molecular flexibility index (Phi) is 1.48. The summed E-state index contributed by atoms with van der Waals surface area (Å²) in [5.41, 5.74) is -0.178. The molecule has 0 bridgehead atoms. The number of nitrogens with one attached hydrogen (secondary N) is 1. The predicted octanol–water partition coefficient (Wildman–Crippen LogP) is 0.443. The van der Waals surface area contributed by atoms with Gasteiger partial charge in [-0.25, -0.2) is 4.79 Å². The van der Waals surface area contributed by atoms with Crippen LogP contribution >= 0.6 is 12.2 Å². The molecule has 1 heterocycles. The number of aryl methyl sites for hydroxylation is 1. The van der Waals surface area contributed by atoms with Gasteiger partial charge in [-0.05, 0) is 6.07 Å². The van der Waals surface area contributed by atoms with E-state index in [0.29, 0.717) is 4.64 Å². The van der Waals surface area contributed by atoms with Crippen molar-refractivity contribution in [2.75, 3.05) is 0 Å². The zero-order valence-electron chi connectivity index (χ0n) is 4.92. The Morgan fingerprint density at radius 1 is 1.78 bits per heavy atom. The molecule has 0 unspecified atom stereocenters. The Morgan fingerprint density at radius 3 is 2.89 bits per heavy atom. The van der Waals surface area contributed by atoms with Crippen molar-refractivity contribution in [2.45, 2.75) is 0 Å². The van der Waals surface area contributed by atoms with Gasteiger partial charge in [0.2, 0.25) is 0 Å². The van der Waals surface area contributed by atoms with Gasteiger partial charge in [-0.15, -0.1) is 0 Å². The maximum atomic E-state index is 10.7. The molecule has 1 aromatic rings. The molecule has 9 heavy (non-hydrogen) atoms. The Balaban J connectivity index is 3.52. The summed E-state index contributed by atoms with van der Waals surface area (Å²) in [5, 5.41) is 0. The van der Waals surface area contributed by atoms with E-state index < -0.39 is 0 Å². The summed E-state index contributed by atoms with van der Waals surface area (Å²) < 4.78 is 1.90. The van der Waals surface area contributed by atoms with Crippen molar-refractivity contribution in [1.29, 1.82) is 0 Å². The summed E-state index contributed by atoms with van der Waals surface area (Å²) in [6, 6.07) is 1.66. The first-order chi connectivity index (χ1) is 4.20. The van der Waals surface area contributed by atoms with E-state index in [-0.39, 0.29) is 5.69 Å². The van der Waals surface area contributed by atoms with Crippen molar-refractivity contribution >= 4 is 12.2 Å². The molecule has 1 N–H and O–H groups in total. The Morgan fingerprint density at radius 2 is 2.44 bits per heavy atom. The van der Waals surface area contributed by atoms with Crippen LogP contribution in [0.1, 0.15) is 0 Å². The van der Waals surface area contributed by atoms with Crippen molar-refractivity contribution in [3.63, 3.8) is 0 Å². The van der Waals surface area contributed by atoms with Crippen molar-refractivity contribution in [3.8, 4) is 0 Å². The Labute approximate surface area is 57.0 Å². The van der Waals surface area contributed by atoms with Crippen LogP contribution in [-0.2, 0) is 7.05 Å². The van der Waals surface area contributed by atoms with Crippen LogP contribution in [0.2, 0.25) is 0 Å². The molecule has 0 aliphatic rings. The summed E-state index contributed by atoms with van der Waals surface area (Å²) in [4.78, 5) is 13.1. The van der Waals surface area contributed by atoms with E-state index in [1.165, 1.54) is 4.57 Å². The maximum Gasteiger partial charge on any atom is 0.326 e.